The highest BCUT2D eigenvalue weighted by molar-refractivity contribution is 5.78. The van der Waals surface area contributed by atoms with E-state index >= 15 is 0 Å². The topological polar surface area (TPSA) is 46.6 Å². The fraction of sp³-hybridized carbons (Fsp3) is 0.667. The van der Waals surface area contributed by atoms with Gasteiger partial charge in [-0.05, 0) is 25.8 Å². The van der Waals surface area contributed by atoms with E-state index in [1.807, 2.05) is 24.0 Å². The molecule has 0 saturated carbocycles. The number of carbonyl (C=O) groups excluding carboxylic acids is 2. The Morgan fingerprint density at radius 3 is 2.94 bits per heavy atom. The van der Waals surface area contributed by atoms with Gasteiger partial charge in [0.15, 0.2) is 0 Å². The van der Waals surface area contributed by atoms with Crippen LogP contribution in [0.2, 0.25) is 0 Å². The van der Waals surface area contributed by atoms with Crippen LogP contribution >= 0.6 is 0 Å². The molecule has 16 heavy (non-hydrogen) atoms. The van der Waals surface area contributed by atoms with Crippen molar-refractivity contribution in [3.63, 3.8) is 0 Å². The zero-order valence-corrected chi connectivity index (χ0v) is 9.94. The Morgan fingerprint density at radius 2 is 2.38 bits per heavy atom. The summed E-state index contributed by atoms with van der Waals surface area (Å²) < 4.78 is 4.94. The number of amides is 1. The maximum atomic E-state index is 11.3. The van der Waals surface area contributed by atoms with Gasteiger partial charge >= 0.3 is 5.97 Å². The van der Waals surface area contributed by atoms with Gasteiger partial charge in [0.2, 0.25) is 5.91 Å². The molecule has 1 saturated heterocycles. The van der Waals surface area contributed by atoms with Gasteiger partial charge in [-0.25, -0.2) is 0 Å². The van der Waals surface area contributed by atoms with Gasteiger partial charge < -0.3 is 9.64 Å². The maximum Gasteiger partial charge on any atom is 0.303 e. The molecule has 1 rings (SSSR count). The third kappa shape index (κ3) is 4.47. The zero-order valence-electron chi connectivity index (χ0n) is 9.94. The normalized spacial score (nSPS) is 18.1. The Kier molecular flexibility index (Phi) is 5.02. The molecule has 0 aromatic carbocycles. The average Bonchev–Trinajstić information content (AvgIpc) is 2.58. The Hall–Kier alpha value is -1.32. The molecule has 4 heteroatoms. The first-order chi connectivity index (χ1) is 7.59. The van der Waals surface area contributed by atoms with E-state index in [-0.39, 0.29) is 18.0 Å². The Balaban J connectivity index is 2.16. The standard InChI is InChI=1S/C12H19NO3/c1-10(16-11(2)14)6-3-4-8-13-9-5-7-12(13)15/h3,6,10H,4-5,7-9H2,1-2H3/b6-3+. The molecule has 90 valence electrons. The molecule has 1 aliphatic heterocycles. The van der Waals surface area contributed by atoms with Crippen molar-refractivity contribution in [1.29, 1.82) is 0 Å². The molecular formula is C12H19NO3. The summed E-state index contributed by atoms with van der Waals surface area (Å²) in [6, 6.07) is 0. The van der Waals surface area contributed by atoms with Crippen molar-refractivity contribution in [3.05, 3.63) is 12.2 Å². The van der Waals surface area contributed by atoms with Crippen LogP contribution in [0.3, 0.4) is 0 Å². The molecule has 1 unspecified atom stereocenters. The minimum atomic E-state index is -0.271. The lowest BCUT2D eigenvalue weighted by molar-refractivity contribution is -0.143. The molecule has 0 aliphatic carbocycles. The third-order valence-electron chi connectivity index (χ3n) is 2.50. The SMILES string of the molecule is CC(=O)OC(C)/C=C/CCN1CCCC1=O. The molecule has 0 N–H and O–H groups in total. The summed E-state index contributed by atoms with van der Waals surface area (Å²) in [4.78, 5) is 23.8. The predicted molar refractivity (Wildman–Crippen MR) is 60.8 cm³/mol. The predicted octanol–water partition coefficient (Wildman–Crippen LogP) is 1.51. The van der Waals surface area contributed by atoms with Crippen LogP contribution in [0.15, 0.2) is 12.2 Å². The van der Waals surface area contributed by atoms with Gasteiger partial charge in [0.1, 0.15) is 6.10 Å². The largest absolute Gasteiger partial charge is 0.459 e. The summed E-state index contributed by atoms with van der Waals surface area (Å²) in [5, 5.41) is 0. The summed E-state index contributed by atoms with van der Waals surface area (Å²) in [5.74, 6) is -0.0201. The Morgan fingerprint density at radius 1 is 1.62 bits per heavy atom. The van der Waals surface area contributed by atoms with E-state index in [1.165, 1.54) is 6.92 Å². The summed E-state index contributed by atoms with van der Waals surface area (Å²) in [5.41, 5.74) is 0. The lowest BCUT2D eigenvalue weighted by Crippen LogP contribution is -2.25. The van der Waals surface area contributed by atoms with Crippen molar-refractivity contribution in [1.82, 2.24) is 4.90 Å². The summed E-state index contributed by atoms with van der Waals surface area (Å²) >= 11 is 0. The van der Waals surface area contributed by atoms with Gasteiger partial charge in [0.25, 0.3) is 0 Å². The van der Waals surface area contributed by atoms with E-state index in [0.29, 0.717) is 6.42 Å². The first kappa shape index (κ1) is 12.7. The second-order valence-electron chi connectivity index (χ2n) is 4.02. The first-order valence-electron chi connectivity index (χ1n) is 5.71. The highest BCUT2D eigenvalue weighted by Gasteiger charge is 2.18. The molecule has 4 nitrogen and oxygen atoms in total. The van der Waals surface area contributed by atoms with Crippen LogP contribution in [-0.2, 0) is 14.3 Å². The fourth-order valence-electron chi connectivity index (χ4n) is 1.76. The van der Waals surface area contributed by atoms with E-state index < -0.39 is 0 Å². The minimum Gasteiger partial charge on any atom is -0.459 e. The van der Waals surface area contributed by atoms with Crippen molar-refractivity contribution in [2.24, 2.45) is 0 Å². The third-order valence-corrected chi connectivity index (χ3v) is 2.50. The molecule has 1 fully saturated rings. The average molecular weight is 225 g/mol. The highest BCUT2D eigenvalue weighted by Crippen LogP contribution is 2.09. The van der Waals surface area contributed by atoms with Crippen LogP contribution in [-0.4, -0.2) is 36.0 Å². The minimum absolute atomic E-state index is 0.188. The van der Waals surface area contributed by atoms with Crippen molar-refractivity contribution < 1.29 is 14.3 Å². The Bertz CT molecular complexity index is 286. The number of nitrogens with zero attached hydrogens (tertiary/aromatic N) is 1. The first-order valence-corrected chi connectivity index (χ1v) is 5.71. The van der Waals surface area contributed by atoms with E-state index in [2.05, 4.69) is 0 Å². The quantitative estimate of drug-likeness (QED) is 0.526. The monoisotopic (exact) mass is 225 g/mol. The summed E-state index contributed by atoms with van der Waals surface area (Å²) in [6.07, 6.45) is 6.10. The number of carbonyl (C=O) groups is 2. The second kappa shape index (κ2) is 6.30. The van der Waals surface area contributed by atoms with Gasteiger partial charge in [-0.3, -0.25) is 9.59 Å². The smallest absolute Gasteiger partial charge is 0.303 e. The lowest BCUT2D eigenvalue weighted by Gasteiger charge is -2.13. The van der Waals surface area contributed by atoms with Crippen LogP contribution in [0.25, 0.3) is 0 Å². The van der Waals surface area contributed by atoms with Crippen LogP contribution in [0, 0.1) is 0 Å². The van der Waals surface area contributed by atoms with Crippen LogP contribution < -0.4 is 0 Å². The van der Waals surface area contributed by atoms with Gasteiger partial charge in [-0.15, -0.1) is 0 Å². The van der Waals surface area contributed by atoms with Gasteiger partial charge in [-0.1, -0.05) is 6.08 Å². The van der Waals surface area contributed by atoms with Gasteiger partial charge in [0, 0.05) is 26.4 Å². The van der Waals surface area contributed by atoms with Crippen molar-refractivity contribution in [2.45, 2.75) is 39.2 Å². The highest BCUT2D eigenvalue weighted by atomic mass is 16.5. The number of hydrogen-bond donors (Lipinski definition) is 0. The van der Waals surface area contributed by atoms with Crippen molar-refractivity contribution in [3.8, 4) is 0 Å². The molecule has 1 aliphatic rings. The molecule has 1 atom stereocenters. The van der Waals surface area contributed by atoms with E-state index in [1.54, 1.807) is 0 Å². The van der Waals surface area contributed by atoms with Crippen molar-refractivity contribution >= 4 is 11.9 Å². The Labute approximate surface area is 96.3 Å². The van der Waals surface area contributed by atoms with Gasteiger partial charge in [-0.2, -0.15) is 0 Å². The molecule has 1 amide bonds. The zero-order chi connectivity index (χ0) is 12.0. The molecule has 0 bridgehead atoms. The van der Waals surface area contributed by atoms with E-state index in [9.17, 15) is 9.59 Å². The second-order valence-corrected chi connectivity index (χ2v) is 4.02. The molecule has 0 radical (unpaired) electrons. The number of hydrogen-bond acceptors (Lipinski definition) is 3. The molecular weight excluding hydrogens is 206 g/mol. The van der Waals surface area contributed by atoms with E-state index in [0.717, 1.165) is 25.9 Å². The lowest BCUT2D eigenvalue weighted by atomic mass is 10.3. The van der Waals surface area contributed by atoms with Crippen LogP contribution in [0.4, 0.5) is 0 Å². The number of likely N-dealkylation sites (tertiary alicyclic amines) is 1. The number of ether oxygens (including phenoxy) is 1. The summed E-state index contributed by atoms with van der Waals surface area (Å²) in [6.45, 7) is 4.86. The molecule has 0 aromatic rings. The molecule has 0 aromatic heterocycles. The number of rotatable bonds is 5. The molecule has 0 spiro atoms. The maximum absolute atomic E-state index is 11.3. The fourth-order valence-corrected chi connectivity index (χ4v) is 1.76. The van der Waals surface area contributed by atoms with Gasteiger partial charge in [0.05, 0.1) is 0 Å². The van der Waals surface area contributed by atoms with Crippen LogP contribution in [0.1, 0.15) is 33.1 Å². The molecule has 1 heterocycles. The van der Waals surface area contributed by atoms with Crippen LogP contribution in [0.5, 0.6) is 0 Å². The summed E-state index contributed by atoms with van der Waals surface area (Å²) in [7, 11) is 0. The number of esters is 1. The van der Waals surface area contributed by atoms with Crippen molar-refractivity contribution in [2.75, 3.05) is 13.1 Å². The van der Waals surface area contributed by atoms with E-state index in [4.69, 9.17) is 4.74 Å².